The van der Waals surface area contributed by atoms with Crippen LogP contribution in [0, 0.1) is 0 Å². The van der Waals surface area contributed by atoms with Crippen molar-refractivity contribution in [2.24, 2.45) is 0 Å². The summed E-state index contributed by atoms with van der Waals surface area (Å²) in [5.74, 6) is 0.584. The number of ether oxygens (including phenoxy) is 1. The van der Waals surface area contributed by atoms with Crippen molar-refractivity contribution in [3.8, 4) is 5.75 Å². The third kappa shape index (κ3) is 2.69. The van der Waals surface area contributed by atoms with E-state index in [1.165, 1.54) is 6.33 Å². The van der Waals surface area contributed by atoms with Crippen molar-refractivity contribution >= 4 is 17.5 Å². The van der Waals surface area contributed by atoms with Crippen molar-refractivity contribution < 1.29 is 14.3 Å². The molecular weight excluding hydrogens is 274 g/mol. The van der Waals surface area contributed by atoms with Gasteiger partial charge in [-0.25, -0.2) is 4.98 Å². The molecule has 0 spiro atoms. The molecule has 0 bridgehead atoms. The number of hydrogen-bond donors (Lipinski definition) is 3. The van der Waals surface area contributed by atoms with Crippen LogP contribution in [0.15, 0.2) is 24.5 Å². The number of benzene rings is 1. The molecule has 21 heavy (non-hydrogen) atoms. The van der Waals surface area contributed by atoms with Crippen molar-refractivity contribution in [2.75, 3.05) is 11.9 Å². The fraction of sp³-hybridized carbons (Fsp3) is 0.231. The van der Waals surface area contributed by atoms with E-state index in [0.29, 0.717) is 22.8 Å². The molecule has 8 nitrogen and oxygen atoms in total. The maximum atomic E-state index is 12.2. The minimum atomic E-state index is -0.295. The second kappa shape index (κ2) is 5.23. The van der Waals surface area contributed by atoms with Gasteiger partial charge in [-0.2, -0.15) is 5.10 Å². The molecule has 8 heteroatoms. The third-order valence-electron chi connectivity index (χ3n) is 3.07. The summed E-state index contributed by atoms with van der Waals surface area (Å²) >= 11 is 0. The first-order chi connectivity index (χ1) is 10.1. The Morgan fingerprint density at radius 2 is 2.33 bits per heavy atom. The zero-order chi connectivity index (χ0) is 14.8. The molecule has 0 fully saturated rings. The number of aromatic amines is 1. The van der Waals surface area contributed by atoms with Crippen molar-refractivity contribution in [2.45, 2.75) is 13.0 Å². The molecule has 0 radical (unpaired) electrons. The van der Waals surface area contributed by atoms with Gasteiger partial charge in [-0.15, -0.1) is 0 Å². The highest BCUT2D eigenvalue weighted by molar-refractivity contribution is 5.99. The summed E-state index contributed by atoms with van der Waals surface area (Å²) in [6, 6.07) is 4.56. The summed E-state index contributed by atoms with van der Waals surface area (Å²) in [5, 5.41) is 11.9. The van der Waals surface area contributed by atoms with Crippen LogP contribution >= 0.6 is 0 Å². The summed E-state index contributed by atoms with van der Waals surface area (Å²) in [6.07, 6.45) is 1.38. The Morgan fingerprint density at radius 3 is 3.10 bits per heavy atom. The summed E-state index contributed by atoms with van der Waals surface area (Å²) in [7, 11) is 0. The Bertz CT molecular complexity index is 683. The molecular formula is C13H13N5O3. The lowest BCUT2D eigenvalue weighted by atomic mass is 10.1. The third-order valence-corrected chi connectivity index (χ3v) is 3.07. The van der Waals surface area contributed by atoms with Gasteiger partial charge in [0.1, 0.15) is 17.9 Å². The molecule has 1 aliphatic rings. The minimum Gasteiger partial charge on any atom is -0.482 e. The topological polar surface area (TPSA) is 109 Å². The average Bonchev–Trinajstić information content (AvgIpc) is 3.01. The fourth-order valence-electron chi connectivity index (χ4n) is 1.99. The smallest absolute Gasteiger partial charge is 0.262 e. The van der Waals surface area contributed by atoms with Gasteiger partial charge in [-0.1, -0.05) is 0 Å². The van der Waals surface area contributed by atoms with Crippen LogP contribution in [-0.2, 0) is 4.79 Å². The van der Waals surface area contributed by atoms with Crippen LogP contribution in [-0.4, -0.2) is 33.6 Å². The van der Waals surface area contributed by atoms with E-state index in [-0.39, 0.29) is 24.5 Å². The Labute approximate surface area is 119 Å². The molecule has 0 saturated carbocycles. The lowest BCUT2D eigenvalue weighted by Crippen LogP contribution is -2.28. The van der Waals surface area contributed by atoms with E-state index in [9.17, 15) is 9.59 Å². The summed E-state index contributed by atoms with van der Waals surface area (Å²) in [6.45, 7) is 1.75. The van der Waals surface area contributed by atoms with Crippen LogP contribution in [0.4, 0.5) is 5.69 Å². The van der Waals surface area contributed by atoms with Crippen LogP contribution in [0.1, 0.15) is 29.1 Å². The first-order valence-corrected chi connectivity index (χ1v) is 6.36. The molecule has 1 unspecified atom stereocenters. The predicted octanol–water partition coefficient (Wildman–Crippen LogP) is 0.627. The predicted molar refractivity (Wildman–Crippen MR) is 72.8 cm³/mol. The van der Waals surface area contributed by atoms with Crippen molar-refractivity contribution in [1.29, 1.82) is 0 Å². The quantitative estimate of drug-likeness (QED) is 0.767. The number of anilines is 1. The highest BCUT2D eigenvalue weighted by atomic mass is 16.5. The highest BCUT2D eigenvalue weighted by Crippen LogP contribution is 2.28. The van der Waals surface area contributed by atoms with Gasteiger partial charge in [-0.05, 0) is 25.1 Å². The van der Waals surface area contributed by atoms with Crippen LogP contribution in [0.3, 0.4) is 0 Å². The standard InChI is InChI=1S/C13H13N5O3/c1-7(12-14-6-15-18-12)16-13(20)8-2-3-9-10(4-8)21-5-11(19)17-9/h2-4,6-7H,5H2,1H3,(H,16,20)(H,17,19)(H,14,15,18). The Hall–Kier alpha value is -2.90. The van der Waals surface area contributed by atoms with Gasteiger partial charge in [0, 0.05) is 5.56 Å². The van der Waals surface area contributed by atoms with Gasteiger partial charge >= 0.3 is 0 Å². The number of nitrogens with zero attached hydrogens (tertiary/aromatic N) is 2. The van der Waals surface area contributed by atoms with Gasteiger partial charge in [-0.3, -0.25) is 14.7 Å². The second-order valence-electron chi connectivity index (χ2n) is 4.61. The average molecular weight is 287 g/mol. The number of rotatable bonds is 3. The number of fused-ring (bicyclic) bond motifs is 1. The molecule has 2 heterocycles. The Morgan fingerprint density at radius 1 is 1.48 bits per heavy atom. The first kappa shape index (κ1) is 13.1. The summed E-state index contributed by atoms with van der Waals surface area (Å²) in [5.41, 5.74) is 1.00. The summed E-state index contributed by atoms with van der Waals surface area (Å²) in [4.78, 5) is 27.4. The van der Waals surface area contributed by atoms with Gasteiger partial charge in [0.25, 0.3) is 11.8 Å². The normalized spacial score (nSPS) is 14.6. The number of carbonyl (C=O) groups is 2. The SMILES string of the molecule is CC(NC(=O)c1ccc2c(c1)OCC(=O)N2)c1ncn[nH]1. The first-order valence-electron chi connectivity index (χ1n) is 6.36. The summed E-state index contributed by atoms with van der Waals surface area (Å²) < 4.78 is 5.28. The van der Waals surface area contributed by atoms with E-state index in [4.69, 9.17) is 4.74 Å². The Kier molecular flexibility index (Phi) is 3.27. The largest absolute Gasteiger partial charge is 0.482 e. The second-order valence-corrected chi connectivity index (χ2v) is 4.61. The number of H-pyrrole nitrogens is 1. The van der Waals surface area contributed by atoms with Crippen LogP contribution in [0.2, 0.25) is 0 Å². The van der Waals surface area contributed by atoms with Crippen LogP contribution in [0.25, 0.3) is 0 Å². The van der Waals surface area contributed by atoms with E-state index in [1.807, 2.05) is 0 Å². The Balaban J connectivity index is 1.75. The number of hydrogen-bond acceptors (Lipinski definition) is 5. The lowest BCUT2D eigenvalue weighted by Gasteiger charge is -2.18. The number of nitrogens with one attached hydrogen (secondary N) is 3. The zero-order valence-electron chi connectivity index (χ0n) is 11.2. The van der Waals surface area contributed by atoms with Crippen molar-refractivity contribution in [3.63, 3.8) is 0 Å². The minimum absolute atomic E-state index is 0.0491. The molecule has 1 aromatic heterocycles. The fourth-order valence-corrected chi connectivity index (χ4v) is 1.99. The molecule has 3 N–H and O–H groups in total. The highest BCUT2D eigenvalue weighted by Gasteiger charge is 2.19. The number of aromatic nitrogens is 3. The van der Waals surface area contributed by atoms with Gasteiger partial charge < -0.3 is 15.4 Å². The zero-order valence-corrected chi connectivity index (χ0v) is 11.2. The molecule has 108 valence electrons. The van der Waals surface area contributed by atoms with Crippen LogP contribution < -0.4 is 15.4 Å². The number of amides is 2. The molecule has 1 aliphatic heterocycles. The van der Waals surface area contributed by atoms with E-state index in [0.717, 1.165) is 0 Å². The molecule has 0 saturated heterocycles. The maximum absolute atomic E-state index is 12.2. The molecule has 3 rings (SSSR count). The molecule has 1 atom stereocenters. The van der Waals surface area contributed by atoms with Gasteiger partial charge in [0.2, 0.25) is 0 Å². The molecule has 2 aromatic rings. The van der Waals surface area contributed by atoms with E-state index in [1.54, 1.807) is 25.1 Å². The van der Waals surface area contributed by atoms with E-state index < -0.39 is 0 Å². The monoisotopic (exact) mass is 287 g/mol. The van der Waals surface area contributed by atoms with Crippen LogP contribution in [0.5, 0.6) is 5.75 Å². The molecule has 2 amide bonds. The number of carbonyl (C=O) groups excluding carboxylic acids is 2. The lowest BCUT2D eigenvalue weighted by molar-refractivity contribution is -0.118. The molecule has 0 aliphatic carbocycles. The van der Waals surface area contributed by atoms with E-state index >= 15 is 0 Å². The van der Waals surface area contributed by atoms with Gasteiger partial charge in [0.15, 0.2) is 6.61 Å². The van der Waals surface area contributed by atoms with Crippen molar-refractivity contribution in [1.82, 2.24) is 20.5 Å². The van der Waals surface area contributed by atoms with E-state index in [2.05, 4.69) is 25.8 Å². The molecule has 1 aromatic carbocycles. The van der Waals surface area contributed by atoms with Crippen molar-refractivity contribution in [3.05, 3.63) is 35.9 Å². The maximum Gasteiger partial charge on any atom is 0.262 e. The van der Waals surface area contributed by atoms with Gasteiger partial charge in [0.05, 0.1) is 11.7 Å².